The van der Waals surface area contributed by atoms with Crippen molar-refractivity contribution in [2.45, 2.75) is 23.6 Å². The van der Waals surface area contributed by atoms with Gasteiger partial charge in [-0.15, -0.1) is 59.2 Å². The Hall–Kier alpha value is -3.77. The molecule has 0 aliphatic heterocycles. The Kier molecular flexibility index (Phi) is 8.72. The number of pyridine rings is 1. The molecule has 0 saturated heterocycles. The summed E-state index contributed by atoms with van der Waals surface area (Å²) in [5.74, 6) is 2.05. The molecule has 0 unspecified atom stereocenters. The van der Waals surface area contributed by atoms with Crippen LogP contribution in [0.3, 0.4) is 0 Å². The Morgan fingerprint density at radius 1 is 0.773 bits per heavy atom. The van der Waals surface area contributed by atoms with Crippen LogP contribution in [0.5, 0.6) is 11.5 Å². The van der Waals surface area contributed by atoms with Crippen molar-refractivity contribution < 1.29 is 25.8 Å². The van der Waals surface area contributed by atoms with E-state index >= 15 is 0 Å². The van der Waals surface area contributed by atoms with E-state index < -0.39 is 0 Å². The number of hydrogen-bond acceptors (Lipinski definition) is 5. The first-order valence-corrected chi connectivity index (χ1v) is 16.3. The first-order chi connectivity index (χ1) is 21.0. The molecule has 0 aliphatic carbocycles. The quantitative estimate of drug-likeness (QED) is 0.119. The number of aryl methyl sites for hydroxylation is 2. The molecule has 0 radical (unpaired) electrons. The van der Waals surface area contributed by atoms with Crippen LogP contribution in [0.25, 0.3) is 44.4 Å². The number of thioether (sulfide) groups is 2. The summed E-state index contributed by atoms with van der Waals surface area (Å²) in [6, 6.07) is 33.7. The van der Waals surface area contributed by atoms with Crippen LogP contribution in [0.4, 0.5) is 0 Å². The topological polar surface area (TPSA) is 44.9 Å². The molecular formula is C36H28N4OPtS2. The molecule has 7 rings (SSSR count). The predicted octanol–water partition coefficient (Wildman–Crippen LogP) is 9.48. The number of ether oxygens (including phenoxy) is 1. The Bertz CT molecular complexity index is 2110. The Labute approximate surface area is 279 Å². The Balaban J connectivity index is 0.00000343. The third-order valence-electron chi connectivity index (χ3n) is 7.43. The first kappa shape index (κ1) is 30.3. The fraction of sp³-hybridized carbons (Fsp3) is 0.111. The zero-order valence-electron chi connectivity index (χ0n) is 24.6. The van der Waals surface area contributed by atoms with E-state index in [-0.39, 0.29) is 21.1 Å². The van der Waals surface area contributed by atoms with Crippen LogP contribution in [0.1, 0.15) is 11.1 Å². The van der Waals surface area contributed by atoms with Gasteiger partial charge in [-0.3, -0.25) is 4.68 Å². The monoisotopic (exact) mass is 791 g/mol. The molecule has 0 bridgehead atoms. The van der Waals surface area contributed by atoms with Crippen LogP contribution in [0, 0.1) is 26.0 Å². The number of para-hydroxylation sites is 1. The summed E-state index contributed by atoms with van der Waals surface area (Å²) in [5, 5.41) is 6.94. The van der Waals surface area contributed by atoms with E-state index in [2.05, 4.69) is 103 Å². The second kappa shape index (κ2) is 12.7. The fourth-order valence-electron chi connectivity index (χ4n) is 5.47. The standard InChI is InChI=1S/C36H28N4OS2.Pt/c1-23-14-15-37-35(18-23)40-31-11-6-5-10-29(31)30-13-12-28(20-32(30)40)41-27-9-7-8-26(19-27)39-22-25(21-38-39)36-33(42-3)16-24(2)17-34(36)43-4;/h5-18,21-22H,1-4H3;/q-2;+2. The van der Waals surface area contributed by atoms with E-state index in [1.165, 1.54) is 20.9 Å². The van der Waals surface area contributed by atoms with Gasteiger partial charge in [0.15, 0.2) is 0 Å². The van der Waals surface area contributed by atoms with Crippen molar-refractivity contribution >= 4 is 45.3 Å². The van der Waals surface area contributed by atoms with Crippen molar-refractivity contribution in [2.75, 3.05) is 12.5 Å². The van der Waals surface area contributed by atoms with Crippen molar-refractivity contribution in [3.8, 4) is 34.1 Å². The molecule has 8 heteroatoms. The van der Waals surface area contributed by atoms with Gasteiger partial charge in [0.05, 0.1) is 6.20 Å². The molecular weight excluding hydrogens is 764 g/mol. The first-order valence-electron chi connectivity index (χ1n) is 13.9. The minimum absolute atomic E-state index is 0. The zero-order valence-corrected chi connectivity index (χ0v) is 28.5. The van der Waals surface area contributed by atoms with Gasteiger partial charge in [-0.25, -0.2) is 4.98 Å². The predicted molar refractivity (Wildman–Crippen MR) is 178 cm³/mol. The van der Waals surface area contributed by atoms with Gasteiger partial charge in [-0.1, -0.05) is 23.7 Å². The Morgan fingerprint density at radius 2 is 1.55 bits per heavy atom. The maximum Gasteiger partial charge on any atom is 2.00 e. The van der Waals surface area contributed by atoms with Crippen molar-refractivity contribution in [3.05, 3.63) is 121 Å². The van der Waals surface area contributed by atoms with E-state index in [4.69, 9.17) is 9.84 Å². The number of fused-ring (bicyclic) bond motifs is 3. The molecule has 4 aromatic carbocycles. The van der Waals surface area contributed by atoms with Gasteiger partial charge in [0.2, 0.25) is 0 Å². The molecule has 44 heavy (non-hydrogen) atoms. The third kappa shape index (κ3) is 5.60. The molecule has 3 heterocycles. The second-order valence-corrected chi connectivity index (χ2v) is 12.0. The van der Waals surface area contributed by atoms with Gasteiger partial charge < -0.3 is 9.30 Å². The van der Waals surface area contributed by atoms with Crippen LogP contribution in [-0.4, -0.2) is 31.8 Å². The molecule has 0 spiro atoms. The summed E-state index contributed by atoms with van der Waals surface area (Å²) < 4.78 is 10.3. The van der Waals surface area contributed by atoms with Gasteiger partial charge in [0, 0.05) is 50.3 Å². The molecule has 0 aliphatic rings. The average molecular weight is 792 g/mol. The smallest absolute Gasteiger partial charge is 0.509 e. The van der Waals surface area contributed by atoms with E-state index in [1.54, 1.807) is 23.5 Å². The fourth-order valence-corrected chi connectivity index (χ4v) is 7.01. The summed E-state index contributed by atoms with van der Waals surface area (Å²) in [7, 11) is 0. The van der Waals surface area contributed by atoms with Gasteiger partial charge >= 0.3 is 21.1 Å². The normalized spacial score (nSPS) is 11.2. The molecule has 0 atom stereocenters. The number of nitrogens with zero attached hydrogens (tertiary/aromatic N) is 4. The van der Waals surface area contributed by atoms with Gasteiger partial charge in [-0.05, 0) is 78.9 Å². The molecule has 0 fully saturated rings. The van der Waals surface area contributed by atoms with Crippen LogP contribution >= 0.6 is 23.5 Å². The van der Waals surface area contributed by atoms with Crippen molar-refractivity contribution in [1.82, 2.24) is 19.3 Å². The Morgan fingerprint density at radius 3 is 2.32 bits per heavy atom. The summed E-state index contributed by atoms with van der Waals surface area (Å²) in [6.07, 6.45) is 10.1. The van der Waals surface area contributed by atoms with Crippen LogP contribution in [-0.2, 0) is 21.1 Å². The van der Waals surface area contributed by atoms with Crippen LogP contribution < -0.4 is 4.74 Å². The SMILES string of the molecule is CSc1cc(C)cc(SC)c1-c1cnn(-c2[c-]c(Oc3[c-]c4c(cc3)c3ccccc3n4-c3cc(C)ccn3)ccc2)c1.[Pt+2]. The molecule has 0 saturated carbocycles. The number of rotatable bonds is 7. The summed E-state index contributed by atoms with van der Waals surface area (Å²) >= 11 is 3.51. The third-order valence-corrected chi connectivity index (χ3v) is 8.95. The van der Waals surface area contributed by atoms with Crippen molar-refractivity contribution in [3.63, 3.8) is 0 Å². The summed E-state index contributed by atoms with van der Waals surface area (Å²) in [4.78, 5) is 7.16. The zero-order chi connectivity index (χ0) is 29.5. The van der Waals surface area contributed by atoms with E-state index in [0.717, 1.165) is 44.4 Å². The average Bonchev–Trinajstić information content (AvgIpc) is 3.64. The van der Waals surface area contributed by atoms with Gasteiger partial charge in [0.1, 0.15) is 5.82 Å². The second-order valence-electron chi connectivity index (χ2n) is 10.3. The summed E-state index contributed by atoms with van der Waals surface area (Å²) in [6.45, 7) is 4.22. The largest absolute Gasteiger partial charge is 2.00 e. The molecule has 7 aromatic rings. The minimum Gasteiger partial charge on any atom is -0.509 e. The minimum atomic E-state index is 0. The molecule has 220 valence electrons. The molecule has 0 amide bonds. The van der Waals surface area contributed by atoms with E-state index in [9.17, 15) is 0 Å². The number of benzene rings is 4. The molecule has 0 N–H and O–H groups in total. The van der Waals surface area contributed by atoms with Crippen molar-refractivity contribution in [1.29, 1.82) is 0 Å². The number of aromatic nitrogens is 4. The number of hydrogen-bond donors (Lipinski definition) is 0. The maximum atomic E-state index is 6.34. The summed E-state index contributed by atoms with van der Waals surface area (Å²) in [5.41, 5.74) is 7.48. The van der Waals surface area contributed by atoms with Crippen LogP contribution in [0.2, 0.25) is 0 Å². The molecule has 5 nitrogen and oxygen atoms in total. The maximum absolute atomic E-state index is 6.34. The van der Waals surface area contributed by atoms with E-state index in [0.29, 0.717) is 11.5 Å². The van der Waals surface area contributed by atoms with Gasteiger partial charge in [0.25, 0.3) is 0 Å². The van der Waals surface area contributed by atoms with Crippen LogP contribution in [0.15, 0.2) is 107 Å². The van der Waals surface area contributed by atoms with Crippen molar-refractivity contribution in [2.24, 2.45) is 0 Å². The van der Waals surface area contributed by atoms with Gasteiger partial charge in [-0.2, -0.15) is 17.2 Å². The van der Waals surface area contributed by atoms with E-state index in [1.807, 2.05) is 47.4 Å². The molecule has 3 aromatic heterocycles.